The smallest absolute Gasteiger partial charge is 0.270 e. The average molecular weight is 542 g/mol. The molecule has 0 spiro atoms. The maximum Gasteiger partial charge on any atom is 0.270 e. The number of ether oxygens (including phenoxy) is 1. The molecule has 2 amide bonds. The van der Waals surface area contributed by atoms with E-state index >= 15 is 4.39 Å². The van der Waals surface area contributed by atoms with Gasteiger partial charge in [0.1, 0.15) is 23.2 Å². The van der Waals surface area contributed by atoms with Crippen LogP contribution in [0.3, 0.4) is 0 Å². The van der Waals surface area contributed by atoms with Crippen molar-refractivity contribution < 1.29 is 23.1 Å². The molecule has 0 saturated heterocycles. The van der Waals surface area contributed by atoms with Gasteiger partial charge in [0, 0.05) is 17.8 Å². The van der Waals surface area contributed by atoms with Gasteiger partial charge >= 0.3 is 0 Å². The minimum Gasteiger partial charge on any atom is -0.481 e. The lowest BCUT2D eigenvalue weighted by molar-refractivity contribution is -0.119. The van der Waals surface area contributed by atoms with Gasteiger partial charge in [-0.2, -0.15) is 14.6 Å². The van der Waals surface area contributed by atoms with Crippen molar-refractivity contribution in [2.45, 2.75) is 64.6 Å². The Morgan fingerprint density at radius 2 is 1.74 bits per heavy atom. The van der Waals surface area contributed by atoms with Crippen LogP contribution in [-0.4, -0.2) is 49.5 Å². The molecule has 2 atom stereocenters. The molecule has 2 aliphatic rings. The zero-order chi connectivity index (χ0) is 27.8. The van der Waals surface area contributed by atoms with Crippen molar-refractivity contribution >= 4 is 17.5 Å². The molecule has 3 aromatic heterocycles. The number of halogens is 2. The Bertz CT molecular complexity index is 1350. The van der Waals surface area contributed by atoms with Crippen LogP contribution in [0.4, 0.5) is 14.5 Å². The van der Waals surface area contributed by atoms with Gasteiger partial charge in [-0.3, -0.25) is 14.3 Å². The van der Waals surface area contributed by atoms with E-state index in [1.807, 2.05) is 13.8 Å². The van der Waals surface area contributed by atoms with Gasteiger partial charge in [0.25, 0.3) is 5.91 Å². The Balaban J connectivity index is 1.39. The van der Waals surface area contributed by atoms with Crippen LogP contribution in [0.1, 0.15) is 74.6 Å². The number of nitrogens with zero attached hydrogens (tertiary/aromatic N) is 5. The van der Waals surface area contributed by atoms with E-state index in [0.29, 0.717) is 23.1 Å². The van der Waals surface area contributed by atoms with Crippen molar-refractivity contribution in [1.82, 2.24) is 29.9 Å². The number of anilines is 1. The van der Waals surface area contributed by atoms with Crippen molar-refractivity contribution in [1.29, 1.82) is 0 Å². The fraction of sp³-hybridized carbons (Fsp3) is 0.519. The third kappa shape index (κ3) is 5.50. The van der Waals surface area contributed by atoms with E-state index < -0.39 is 35.7 Å². The number of methoxy groups -OCH3 is 1. The molecule has 3 heterocycles. The van der Waals surface area contributed by atoms with Crippen LogP contribution >= 0.6 is 0 Å². The molecule has 0 radical (unpaired) electrons. The molecule has 5 rings (SSSR count). The predicted octanol–water partition coefficient (Wildman–Crippen LogP) is 4.12. The van der Waals surface area contributed by atoms with E-state index in [9.17, 15) is 14.0 Å². The van der Waals surface area contributed by atoms with E-state index in [2.05, 4.69) is 25.8 Å². The van der Waals surface area contributed by atoms with Crippen LogP contribution in [0, 0.1) is 29.5 Å². The van der Waals surface area contributed by atoms with Crippen molar-refractivity contribution in [3.05, 3.63) is 53.7 Å². The molecule has 2 aliphatic carbocycles. The predicted molar refractivity (Wildman–Crippen MR) is 138 cm³/mol. The first-order chi connectivity index (χ1) is 18.7. The van der Waals surface area contributed by atoms with Crippen molar-refractivity contribution in [2.75, 3.05) is 12.4 Å². The Morgan fingerprint density at radius 1 is 1.05 bits per heavy atom. The molecular weight excluding hydrogens is 508 g/mol. The van der Waals surface area contributed by atoms with E-state index in [1.165, 1.54) is 19.4 Å². The number of carbonyl (C=O) groups is 2. The summed E-state index contributed by atoms with van der Waals surface area (Å²) < 4.78 is 37.2. The van der Waals surface area contributed by atoms with E-state index in [-0.39, 0.29) is 23.5 Å². The highest BCUT2D eigenvalue weighted by Crippen LogP contribution is 2.51. The van der Waals surface area contributed by atoms with Crippen LogP contribution in [0.15, 0.2) is 30.7 Å². The number of pyridine rings is 1. The third-order valence-electron chi connectivity index (χ3n) is 7.53. The number of amides is 2. The van der Waals surface area contributed by atoms with E-state index in [1.54, 1.807) is 23.9 Å². The molecule has 12 heteroatoms. The zero-order valence-electron chi connectivity index (χ0n) is 22.4. The largest absolute Gasteiger partial charge is 0.481 e. The van der Waals surface area contributed by atoms with Gasteiger partial charge < -0.3 is 15.4 Å². The quantitative estimate of drug-likeness (QED) is 0.377. The maximum absolute atomic E-state index is 15.5. The molecule has 39 heavy (non-hydrogen) atoms. The molecular formula is C27H33F2N7O3. The molecule has 10 nitrogen and oxygen atoms in total. The first kappa shape index (κ1) is 26.8. The van der Waals surface area contributed by atoms with Gasteiger partial charge in [-0.1, -0.05) is 0 Å². The molecule has 2 fully saturated rings. The third-order valence-corrected chi connectivity index (χ3v) is 7.53. The Labute approximate surface area is 225 Å². The minimum atomic E-state index is -0.847. The van der Waals surface area contributed by atoms with Crippen molar-refractivity contribution in [3.8, 4) is 5.88 Å². The SMILES string of the molecule is COc1ncc(F)cc1[C@H](C)n1ncc(NC(=O)[C@@H](NC(=O)c2ccnn2C(C)C)C(C2CC2)C2CC2)c1F. The number of hydrogen-bond acceptors (Lipinski definition) is 6. The van der Waals surface area contributed by atoms with Crippen LogP contribution < -0.4 is 15.4 Å². The monoisotopic (exact) mass is 541 g/mol. The standard InChI is InChI=1S/C27H33F2N7O3/c1-14(2)35-21(9-10-31-35)25(37)34-23(22(16-5-6-16)17-7-8-17)26(38)33-20-13-32-36(24(20)29)15(3)19-11-18(28)12-30-27(19)39-4/h9-17,22-23H,5-8H2,1-4H3,(H,33,38)(H,34,37)/t15-,23-/m0/s1. The molecule has 0 aromatic carbocycles. The summed E-state index contributed by atoms with van der Waals surface area (Å²) in [6.07, 6.45) is 7.77. The minimum absolute atomic E-state index is 0.0375. The number of rotatable bonds is 11. The van der Waals surface area contributed by atoms with E-state index in [0.717, 1.165) is 36.6 Å². The first-order valence-corrected chi connectivity index (χ1v) is 13.3. The number of nitrogens with one attached hydrogen (secondary N) is 2. The van der Waals surface area contributed by atoms with E-state index in [4.69, 9.17) is 4.74 Å². The van der Waals surface area contributed by atoms with Crippen molar-refractivity contribution in [3.63, 3.8) is 0 Å². The van der Waals surface area contributed by atoms with Gasteiger partial charge in [0.05, 0.1) is 25.5 Å². The van der Waals surface area contributed by atoms with Gasteiger partial charge in [0.15, 0.2) is 0 Å². The summed E-state index contributed by atoms with van der Waals surface area (Å²) in [7, 11) is 1.39. The normalized spacial score (nSPS) is 16.8. The number of aromatic nitrogens is 5. The summed E-state index contributed by atoms with van der Waals surface area (Å²) in [5, 5.41) is 13.9. The van der Waals surface area contributed by atoms with Crippen LogP contribution in [0.5, 0.6) is 5.88 Å². The first-order valence-electron chi connectivity index (χ1n) is 13.3. The highest BCUT2D eigenvalue weighted by Gasteiger charge is 2.48. The Morgan fingerprint density at radius 3 is 2.36 bits per heavy atom. The number of carbonyl (C=O) groups excluding carboxylic acids is 2. The van der Waals surface area contributed by atoms with Gasteiger partial charge in [-0.25, -0.2) is 14.1 Å². The fourth-order valence-corrected chi connectivity index (χ4v) is 5.30. The lowest BCUT2D eigenvalue weighted by Crippen LogP contribution is -2.50. The summed E-state index contributed by atoms with van der Waals surface area (Å²) in [5.41, 5.74) is 0.525. The molecule has 0 unspecified atom stereocenters. The maximum atomic E-state index is 15.5. The summed E-state index contributed by atoms with van der Waals surface area (Å²) in [4.78, 5) is 30.9. The summed E-state index contributed by atoms with van der Waals surface area (Å²) in [5.74, 6) is -1.52. The molecule has 0 aliphatic heterocycles. The van der Waals surface area contributed by atoms with Gasteiger partial charge in [0.2, 0.25) is 17.7 Å². The van der Waals surface area contributed by atoms with Crippen molar-refractivity contribution in [2.24, 2.45) is 17.8 Å². The van der Waals surface area contributed by atoms with Gasteiger partial charge in [-0.15, -0.1) is 0 Å². The summed E-state index contributed by atoms with van der Waals surface area (Å²) >= 11 is 0. The zero-order valence-corrected chi connectivity index (χ0v) is 22.4. The second-order valence-corrected chi connectivity index (χ2v) is 10.7. The molecule has 2 N–H and O–H groups in total. The fourth-order valence-electron chi connectivity index (χ4n) is 5.30. The van der Waals surface area contributed by atoms with Crippen LogP contribution in [-0.2, 0) is 4.79 Å². The Hall–Kier alpha value is -3.83. The second-order valence-electron chi connectivity index (χ2n) is 10.7. The second kappa shape index (κ2) is 10.7. The highest BCUT2D eigenvalue weighted by atomic mass is 19.1. The number of hydrogen-bond donors (Lipinski definition) is 2. The molecule has 3 aromatic rings. The molecule has 2 saturated carbocycles. The average Bonchev–Trinajstić information content (AvgIpc) is 3.84. The van der Waals surface area contributed by atoms with Crippen LogP contribution in [0.2, 0.25) is 0 Å². The summed E-state index contributed by atoms with van der Waals surface area (Å²) in [6.45, 7) is 5.46. The molecule has 0 bridgehead atoms. The Kier molecular flexibility index (Phi) is 7.37. The topological polar surface area (TPSA) is 116 Å². The molecule has 208 valence electrons. The highest BCUT2D eigenvalue weighted by molar-refractivity contribution is 6.00. The van der Waals surface area contributed by atoms with Gasteiger partial charge in [-0.05, 0) is 76.3 Å². The summed E-state index contributed by atoms with van der Waals surface area (Å²) in [6, 6.07) is 1.17. The lowest BCUT2D eigenvalue weighted by Gasteiger charge is -2.27. The van der Waals surface area contributed by atoms with Crippen LogP contribution in [0.25, 0.3) is 0 Å². The lowest BCUT2D eigenvalue weighted by atomic mass is 9.88.